The van der Waals surface area contributed by atoms with Crippen LogP contribution in [0.1, 0.15) is 13.8 Å². The van der Waals surface area contributed by atoms with Crippen LogP contribution in [0, 0.1) is 0 Å². The summed E-state index contributed by atoms with van der Waals surface area (Å²) in [6.45, 7) is 3.57. The first-order chi connectivity index (χ1) is 7.68. The van der Waals surface area contributed by atoms with E-state index in [1.807, 2.05) is 0 Å². The molecule has 0 fully saturated rings. The Morgan fingerprint density at radius 3 is 2.94 bits per heavy atom. The van der Waals surface area contributed by atoms with Crippen LogP contribution in [0.25, 0.3) is 11.2 Å². The van der Waals surface area contributed by atoms with E-state index in [9.17, 15) is 4.39 Å². The maximum absolute atomic E-state index is 13.3. The van der Waals surface area contributed by atoms with Crippen molar-refractivity contribution >= 4 is 17.0 Å². The second-order valence-corrected chi connectivity index (χ2v) is 3.58. The van der Waals surface area contributed by atoms with Gasteiger partial charge in [0, 0.05) is 0 Å². The maximum atomic E-state index is 13.3. The lowest BCUT2D eigenvalue weighted by Gasteiger charge is -2.04. The molecule has 2 aromatic rings. The molecule has 2 rings (SSSR count). The Hall–Kier alpha value is -1.98. The summed E-state index contributed by atoms with van der Waals surface area (Å²) in [7, 11) is 0. The zero-order valence-corrected chi connectivity index (χ0v) is 9.08. The van der Waals surface area contributed by atoms with E-state index in [1.165, 1.54) is 12.7 Å². The van der Waals surface area contributed by atoms with E-state index in [-0.39, 0.29) is 12.4 Å². The Kier molecular flexibility index (Phi) is 2.80. The zero-order valence-electron chi connectivity index (χ0n) is 9.08. The minimum Gasteiger partial charge on any atom is -0.362 e. The Balaban J connectivity index is 2.22. The van der Waals surface area contributed by atoms with Crippen LogP contribution in [0.5, 0.6) is 0 Å². The Morgan fingerprint density at radius 2 is 2.19 bits per heavy atom. The van der Waals surface area contributed by atoms with Gasteiger partial charge in [-0.1, -0.05) is 0 Å². The monoisotopic (exact) mass is 221 g/mol. The molecule has 0 amide bonds. The number of hydrogen-bond donors (Lipinski definition) is 2. The fourth-order valence-electron chi connectivity index (χ4n) is 1.24. The van der Waals surface area contributed by atoms with Crippen LogP contribution in [0.3, 0.4) is 0 Å². The average molecular weight is 221 g/mol. The first kappa shape index (κ1) is 10.5. The van der Waals surface area contributed by atoms with Gasteiger partial charge in [0.25, 0.3) is 0 Å². The van der Waals surface area contributed by atoms with E-state index < -0.39 is 0 Å². The molecule has 84 valence electrons. The first-order valence-corrected chi connectivity index (χ1v) is 4.88. The van der Waals surface area contributed by atoms with Gasteiger partial charge in [0.2, 0.25) is 0 Å². The van der Waals surface area contributed by atoms with Gasteiger partial charge >= 0.3 is 0 Å². The number of imidazole rings is 1. The van der Waals surface area contributed by atoms with Crippen molar-refractivity contribution in [3.63, 3.8) is 0 Å². The molecule has 0 atom stereocenters. The predicted molar refractivity (Wildman–Crippen MR) is 59.7 cm³/mol. The summed E-state index contributed by atoms with van der Waals surface area (Å²) in [6, 6.07) is 0. The summed E-state index contributed by atoms with van der Waals surface area (Å²) >= 11 is 0. The van der Waals surface area contributed by atoms with Gasteiger partial charge in [-0.25, -0.2) is 19.3 Å². The number of allylic oxidation sites excluding steroid dienone is 1. The molecule has 2 aromatic heterocycles. The van der Waals surface area contributed by atoms with Gasteiger partial charge in [-0.15, -0.1) is 0 Å². The molecule has 6 heteroatoms. The predicted octanol–water partition coefficient (Wildman–Crippen LogP) is 2.03. The van der Waals surface area contributed by atoms with Gasteiger partial charge in [-0.05, 0) is 19.4 Å². The van der Waals surface area contributed by atoms with Gasteiger partial charge < -0.3 is 10.3 Å². The van der Waals surface area contributed by atoms with Crippen molar-refractivity contribution in [2.24, 2.45) is 0 Å². The van der Waals surface area contributed by atoms with E-state index in [0.29, 0.717) is 22.6 Å². The number of fused-ring (bicyclic) bond motifs is 1. The van der Waals surface area contributed by atoms with Crippen LogP contribution < -0.4 is 5.32 Å². The van der Waals surface area contributed by atoms with Gasteiger partial charge in [-0.3, -0.25) is 0 Å². The maximum Gasteiger partial charge on any atom is 0.182 e. The fourth-order valence-corrected chi connectivity index (χ4v) is 1.24. The number of halogens is 1. The van der Waals surface area contributed by atoms with Crippen molar-refractivity contribution < 1.29 is 4.39 Å². The second kappa shape index (κ2) is 4.26. The number of nitrogens with zero attached hydrogens (tertiary/aromatic N) is 3. The fraction of sp³-hybridized carbons (Fsp3) is 0.300. The minimum absolute atomic E-state index is 0.119. The second-order valence-electron chi connectivity index (χ2n) is 3.58. The highest BCUT2D eigenvalue weighted by molar-refractivity contribution is 5.81. The van der Waals surface area contributed by atoms with Crippen molar-refractivity contribution in [1.82, 2.24) is 19.9 Å². The van der Waals surface area contributed by atoms with Gasteiger partial charge in [0.1, 0.15) is 17.7 Å². The molecule has 0 saturated heterocycles. The Morgan fingerprint density at radius 1 is 1.38 bits per heavy atom. The van der Waals surface area contributed by atoms with Gasteiger partial charge in [0.15, 0.2) is 11.5 Å². The first-order valence-electron chi connectivity index (χ1n) is 4.88. The van der Waals surface area contributed by atoms with Crippen molar-refractivity contribution in [3.8, 4) is 0 Å². The molecule has 0 aliphatic heterocycles. The van der Waals surface area contributed by atoms with E-state index in [2.05, 4.69) is 25.3 Å². The number of H-pyrrole nitrogens is 1. The molecular formula is C10H12FN5. The highest BCUT2D eigenvalue weighted by atomic mass is 19.1. The third kappa shape index (κ3) is 2.00. The molecule has 0 aliphatic rings. The van der Waals surface area contributed by atoms with Crippen LogP contribution >= 0.6 is 0 Å². The lowest BCUT2D eigenvalue weighted by molar-refractivity contribution is 0.614. The SMILES string of the molecule is CC(C)=C(F)CNc1ncnc2nc[nH]c12. The molecule has 0 radical (unpaired) electrons. The van der Waals surface area contributed by atoms with Crippen LogP contribution in [-0.4, -0.2) is 26.5 Å². The summed E-state index contributed by atoms with van der Waals surface area (Å²) in [5.41, 5.74) is 1.90. The average Bonchev–Trinajstić information content (AvgIpc) is 2.73. The smallest absolute Gasteiger partial charge is 0.182 e. The summed E-state index contributed by atoms with van der Waals surface area (Å²) in [5, 5.41) is 2.90. The molecule has 0 bridgehead atoms. The Bertz CT molecular complexity index is 527. The number of hydrogen-bond acceptors (Lipinski definition) is 4. The van der Waals surface area contributed by atoms with Crippen molar-refractivity contribution in [3.05, 3.63) is 24.1 Å². The molecule has 0 saturated carbocycles. The molecule has 2 heterocycles. The third-order valence-electron chi connectivity index (χ3n) is 2.18. The number of aromatic amines is 1. The summed E-state index contributed by atoms with van der Waals surface area (Å²) in [5.74, 6) is 0.366. The van der Waals surface area contributed by atoms with E-state index in [4.69, 9.17) is 0 Å². The summed E-state index contributed by atoms with van der Waals surface area (Å²) in [4.78, 5) is 14.9. The van der Waals surface area contributed by atoms with Gasteiger partial charge in [-0.2, -0.15) is 0 Å². The van der Waals surface area contributed by atoms with Crippen molar-refractivity contribution in [2.45, 2.75) is 13.8 Å². The number of anilines is 1. The molecule has 2 N–H and O–H groups in total. The summed E-state index contributed by atoms with van der Waals surface area (Å²) in [6.07, 6.45) is 2.92. The van der Waals surface area contributed by atoms with Crippen LogP contribution in [-0.2, 0) is 0 Å². The molecule has 0 unspecified atom stereocenters. The van der Waals surface area contributed by atoms with Crippen molar-refractivity contribution in [2.75, 3.05) is 11.9 Å². The molecule has 0 aromatic carbocycles. The normalized spacial score (nSPS) is 10.4. The highest BCUT2D eigenvalue weighted by Gasteiger charge is 2.06. The quantitative estimate of drug-likeness (QED) is 0.832. The molecule has 0 spiro atoms. The molecule has 16 heavy (non-hydrogen) atoms. The minimum atomic E-state index is -0.189. The van der Waals surface area contributed by atoms with E-state index in [1.54, 1.807) is 13.8 Å². The standard InChI is InChI=1S/C10H12FN5/c1-6(2)7(11)3-12-9-8-10(14-4-13-8)16-5-15-9/h4-5H,3H2,1-2H3,(H2,12,13,14,15,16). The molecule has 0 aliphatic carbocycles. The number of rotatable bonds is 3. The van der Waals surface area contributed by atoms with E-state index >= 15 is 0 Å². The zero-order chi connectivity index (χ0) is 11.5. The molecular weight excluding hydrogens is 209 g/mol. The third-order valence-corrected chi connectivity index (χ3v) is 2.18. The van der Waals surface area contributed by atoms with Crippen LogP contribution in [0.4, 0.5) is 10.2 Å². The van der Waals surface area contributed by atoms with E-state index in [0.717, 1.165) is 0 Å². The lowest BCUT2D eigenvalue weighted by atomic mass is 10.3. The lowest BCUT2D eigenvalue weighted by Crippen LogP contribution is -2.05. The number of aromatic nitrogens is 4. The van der Waals surface area contributed by atoms with Gasteiger partial charge in [0.05, 0.1) is 12.9 Å². The van der Waals surface area contributed by atoms with Crippen molar-refractivity contribution in [1.29, 1.82) is 0 Å². The van der Waals surface area contributed by atoms with Crippen LogP contribution in [0.2, 0.25) is 0 Å². The molecule has 5 nitrogen and oxygen atoms in total. The van der Waals surface area contributed by atoms with Crippen LogP contribution in [0.15, 0.2) is 24.1 Å². The number of nitrogens with one attached hydrogen (secondary N) is 2. The topological polar surface area (TPSA) is 66.5 Å². The largest absolute Gasteiger partial charge is 0.362 e. The Labute approximate surface area is 91.8 Å². The summed E-state index contributed by atoms with van der Waals surface area (Å²) < 4.78 is 13.3. The highest BCUT2D eigenvalue weighted by Crippen LogP contribution is 2.15.